The van der Waals surface area contributed by atoms with Gasteiger partial charge in [-0.2, -0.15) is 0 Å². The normalized spacial score (nSPS) is 12.7. The maximum atomic E-state index is 5.00. The van der Waals surface area contributed by atoms with Crippen LogP contribution in [0.3, 0.4) is 0 Å². The third-order valence-electron chi connectivity index (χ3n) is 5.83. The van der Waals surface area contributed by atoms with E-state index in [-0.39, 0.29) is 0 Å². The number of benzene rings is 2. The van der Waals surface area contributed by atoms with Crippen LogP contribution in [0.5, 0.6) is 0 Å². The van der Waals surface area contributed by atoms with Crippen molar-refractivity contribution < 1.29 is 0 Å². The van der Waals surface area contributed by atoms with Crippen LogP contribution in [0.25, 0.3) is 0 Å². The maximum Gasteiger partial charge on any atom is 0.0849 e. The van der Waals surface area contributed by atoms with Crippen LogP contribution in [0.2, 0.25) is 0 Å². The van der Waals surface area contributed by atoms with Gasteiger partial charge in [0.1, 0.15) is 0 Å². The third kappa shape index (κ3) is 5.21. The molecule has 0 aliphatic rings. The predicted molar refractivity (Wildman–Crippen MR) is 139 cm³/mol. The molecule has 3 aromatic rings. The van der Waals surface area contributed by atoms with Crippen LogP contribution in [0.1, 0.15) is 87.0 Å². The van der Waals surface area contributed by atoms with Crippen molar-refractivity contribution >= 4 is 22.8 Å². The smallest absolute Gasteiger partial charge is 0.0849 e. The topological polar surface area (TPSA) is 37.6 Å². The summed E-state index contributed by atoms with van der Waals surface area (Å²) in [5.41, 5.74) is 10.6. The zero-order valence-corrected chi connectivity index (χ0v) is 20.7. The van der Waals surface area contributed by atoms with Gasteiger partial charge in [-0.1, -0.05) is 70.2 Å². The summed E-state index contributed by atoms with van der Waals surface area (Å²) in [6.07, 6.45) is 0. The molecule has 0 fully saturated rings. The number of nitrogens with zero attached hydrogens (tertiary/aromatic N) is 3. The summed E-state index contributed by atoms with van der Waals surface area (Å²) < 4.78 is 0. The molecule has 32 heavy (non-hydrogen) atoms. The number of aliphatic imine (C=N–C) groups is 2. The fourth-order valence-corrected chi connectivity index (χ4v) is 3.89. The molecule has 0 aliphatic heterocycles. The van der Waals surface area contributed by atoms with Crippen molar-refractivity contribution in [1.82, 2.24) is 4.98 Å². The maximum absolute atomic E-state index is 5.00. The van der Waals surface area contributed by atoms with Gasteiger partial charge in [0.05, 0.1) is 34.2 Å². The monoisotopic (exact) mass is 425 g/mol. The Balaban J connectivity index is 2.02. The van der Waals surface area contributed by atoms with Crippen molar-refractivity contribution in [2.24, 2.45) is 9.98 Å². The molecule has 3 nitrogen and oxygen atoms in total. The molecule has 3 rings (SSSR count). The van der Waals surface area contributed by atoms with E-state index in [0.29, 0.717) is 11.8 Å². The van der Waals surface area contributed by atoms with Gasteiger partial charge in [-0.15, -0.1) is 0 Å². The Bertz CT molecular complexity index is 1080. The standard InChI is InChI=1S/C29H35N3/c1-18(2)24-14-9-12-20(5)28(24)30-22(7)26-16-11-17-27(32-26)23(8)31-29-21(6)13-10-15-25(29)19(3)4/h9-19H,1-8H3/b30-22-,31-23-. The number of rotatable bonds is 6. The molecule has 1 aromatic heterocycles. The lowest BCUT2D eigenvalue weighted by atomic mass is 9.98. The van der Waals surface area contributed by atoms with E-state index in [1.165, 1.54) is 22.3 Å². The summed E-state index contributed by atoms with van der Waals surface area (Å²) in [6.45, 7) is 17.1. The zero-order chi connectivity index (χ0) is 23.4. The van der Waals surface area contributed by atoms with Gasteiger partial charge in [0.2, 0.25) is 0 Å². The molecule has 0 unspecified atom stereocenters. The summed E-state index contributed by atoms with van der Waals surface area (Å²) in [7, 11) is 0. The lowest BCUT2D eigenvalue weighted by molar-refractivity contribution is 0.865. The highest BCUT2D eigenvalue weighted by Gasteiger charge is 2.12. The Morgan fingerprint density at radius 3 is 1.38 bits per heavy atom. The van der Waals surface area contributed by atoms with Crippen LogP contribution in [0.4, 0.5) is 11.4 Å². The highest BCUT2D eigenvalue weighted by Crippen LogP contribution is 2.32. The molecule has 0 N–H and O–H groups in total. The van der Waals surface area contributed by atoms with E-state index in [9.17, 15) is 0 Å². The Labute approximate surface area is 193 Å². The molecule has 1 heterocycles. The average Bonchev–Trinajstić information content (AvgIpc) is 2.76. The van der Waals surface area contributed by atoms with Gasteiger partial charge >= 0.3 is 0 Å². The summed E-state index contributed by atoms with van der Waals surface area (Å²) in [4.78, 5) is 14.9. The van der Waals surface area contributed by atoms with Gasteiger partial charge in [0.15, 0.2) is 0 Å². The lowest BCUT2D eigenvalue weighted by Crippen LogP contribution is -2.06. The Hall–Kier alpha value is -3.07. The van der Waals surface area contributed by atoms with E-state index in [2.05, 4.69) is 77.9 Å². The van der Waals surface area contributed by atoms with Gasteiger partial charge in [0, 0.05) is 0 Å². The molecular weight excluding hydrogens is 390 g/mol. The number of aromatic nitrogens is 1. The van der Waals surface area contributed by atoms with Gasteiger partial charge in [-0.05, 0) is 73.9 Å². The first-order valence-corrected chi connectivity index (χ1v) is 11.5. The minimum absolute atomic E-state index is 0.416. The zero-order valence-electron chi connectivity index (χ0n) is 20.7. The largest absolute Gasteiger partial charge is 0.251 e. The quantitative estimate of drug-likeness (QED) is 0.366. The van der Waals surface area contributed by atoms with Crippen LogP contribution in [0.15, 0.2) is 64.6 Å². The second kappa shape index (κ2) is 10.0. The van der Waals surface area contributed by atoms with Crippen LogP contribution < -0.4 is 0 Å². The Kier molecular flexibility index (Phi) is 7.40. The Morgan fingerprint density at radius 2 is 1.00 bits per heavy atom. The Morgan fingerprint density at radius 1 is 0.625 bits per heavy atom. The molecule has 0 bridgehead atoms. The van der Waals surface area contributed by atoms with Crippen molar-refractivity contribution in [2.45, 2.75) is 67.2 Å². The minimum Gasteiger partial charge on any atom is -0.251 e. The molecule has 0 saturated heterocycles. The number of hydrogen-bond acceptors (Lipinski definition) is 3. The molecule has 0 atom stereocenters. The highest BCUT2D eigenvalue weighted by molar-refractivity contribution is 6.02. The summed E-state index contributed by atoms with van der Waals surface area (Å²) in [5, 5.41) is 0. The number of para-hydroxylation sites is 2. The van der Waals surface area contributed by atoms with Gasteiger partial charge in [0.25, 0.3) is 0 Å². The van der Waals surface area contributed by atoms with Gasteiger partial charge in [-0.25, -0.2) is 4.98 Å². The van der Waals surface area contributed by atoms with Gasteiger partial charge in [-0.3, -0.25) is 9.98 Å². The van der Waals surface area contributed by atoms with Crippen molar-refractivity contribution in [2.75, 3.05) is 0 Å². The van der Waals surface area contributed by atoms with Crippen molar-refractivity contribution in [1.29, 1.82) is 0 Å². The highest BCUT2D eigenvalue weighted by atomic mass is 14.8. The molecule has 2 aromatic carbocycles. The van der Waals surface area contributed by atoms with E-state index in [1.807, 2.05) is 32.0 Å². The predicted octanol–water partition coefficient (Wildman–Crippen LogP) is 8.23. The summed E-state index contributed by atoms with van der Waals surface area (Å²) >= 11 is 0. The second-order valence-electron chi connectivity index (χ2n) is 9.14. The van der Waals surface area contributed by atoms with Crippen LogP contribution >= 0.6 is 0 Å². The fourth-order valence-electron chi connectivity index (χ4n) is 3.89. The lowest BCUT2D eigenvalue weighted by Gasteiger charge is -2.14. The number of hydrogen-bond donors (Lipinski definition) is 0. The molecule has 0 aliphatic carbocycles. The van der Waals surface area contributed by atoms with Crippen molar-refractivity contribution in [3.05, 3.63) is 88.2 Å². The van der Waals surface area contributed by atoms with Crippen LogP contribution in [-0.4, -0.2) is 16.4 Å². The molecule has 0 saturated carbocycles. The first kappa shape index (κ1) is 23.6. The van der Waals surface area contributed by atoms with E-state index in [4.69, 9.17) is 15.0 Å². The summed E-state index contributed by atoms with van der Waals surface area (Å²) in [5.74, 6) is 0.832. The molecule has 0 spiro atoms. The second-order valence-corrected chi connectivity index (χ2v) is 9.14. The average molecular weight is 426 g/mol. The molecular formula is C29H35N3. The van der Waals surface area contributed by atoms with E-state index < -0.39 is 0 Å². The fraction of sp³-hybridized carbons (Fsp3) is 0.345. The van der Waals surface area contributed by atoms with Crippen molar-refractivity contribution in [3.63, 3.8) is 0 Å². The third-order valence-corrected chi connectivity index (χ3v) is 5.83. The first-order valence-electron chi connectivity index (χ1n) is 11.5. The summed E-state index contributed by atoms with van der Waals surface area (Å²) in [6, 6.07) is 18.9. The van der Waals surface area contributed by atoms with Gasteiger partial charge < -0.3 is 0 Å². The SMILES string of the molecule is C/C(=N/c1c(C)cccc1C(C)C)c1cccc(/C(C)=N\c2c(C)cccc2C(C)C)n1. The molecule has 3 heteroatoms. The minimum atomic E-state index is 0.416. The molecule has 0 radical (unpaired) electrons. The van der Waals surface area contributed by atoms with Crippen LogP contribution in [-0.2, 0) is 0 Å². The number of pyridine rings is 1. The van der Waals surface area contributed by atoms with E-state index >= 15 is 0 Å². The van der Waals surface area contributed by atoms with Crippen LogP contribution in [0, 0.1) is 13.8 Å². The first-order chi connectivity index (χ1) is 15.2. The van der Waals surface area contributed by atoms with E-state index in [1.54, 1.807) is 0 Å². The van der Waals surface area contributed by atoms with E-state index in [0.717, 1.165) is 34.2 Å². The number of aryl methyl sites for hydroxylation is 2. The molecule has 0 amide bonds. The molecule has 166 valence electrons. The van der Waals surface area contributed by atoms with Crippen molar-refractivity contribution in [3.8, 4) is 0 Å².